The molecule has 1 heterocycles. The van der Waals surface area contributed by atoms with E-state index in [1.165, 1.54) is 41.7 Å². The van der Waals surface area contributed by atoms with Crippen molar-refractivity contribution in [3.05, 3.63) is 42.5 Å². The normalized spacial score (nSPS) is 15.1. The Morgan fingerprint density at radius 3 is 2.32 bits per heavy atom. The molecule has 0 saturated carbocycles. The van der Waals surface area contributed by atoms with Gasteiger partial charge < -0.3 is 14.6 Å². The SMILES string of the molecule is COCCOc1ccc(/N=N/c2cc(S(=O)(=O)N3CCCC3)c(O)c3cccc(NS(C)(=O)=O)c23)cc1S(=O)(=O)Cl. The van der Waals surface area contributed by atoms with Crippen LogP contribution in [0.5, 0.6) is 11.5 Å². The number of anilines is 1. The fraction of sp³-hybridized carbons (Fsp3) is 0.333. The molecular formula is C24H27ClN4O9S3. The quantitative estimate of drug-likeness (QED) is 0.176. The van der Waals surface area contributed by atoms with Gasteiger partial charge in [0, 0.05) is 41.7 Å². The van der Waals surface area contributed by atoms with Crippen molar-refractivity contribution < 1.29 is 39.8 Å². The van der Waals surface area contributed by atoms with E-state index in [1.807, 2.05) is 0 Å². The Morgan fingerprint density at radius 2 is 1.68 bits per heavy atom. The highest BCUT2D eigenvalue weighted by Crippen LogP contribution is 2.44. The molecule has 0 unspecified atom stereocenters. The van der Waals surface area contributed by atoms with Crippen LogP contribution in [0.2, 0.25) is 0 Å². The number of nitrogens with zero attached hydrogens (tertiary/aromatic N) is 3. The molecule has 0 aliphatic carbocycles. The summed E-state index contributed by atoms with van der Waals surface area (Å²) in [6.07, 6.45) is 2.27. The molecular weight excluding hydrogens is 620 g/mol. The van der Waals surface area contributed by atoms with E-state index < -0.39 is 39.7 Å². The van der Waals surface area contributed by atoms with Gasteiger partial charge in [-0.25, -0.2) is 25.3 Å². The van der Waals surface area contributed by atoms with Crippen molar-refractivity contribution >= 4 is 67.6 Å². The number of hydrogen-bond donors (Lipinski definition) is 2. The van der Waals surface area contributed by atoms with Crippen LogP contribution in [0.15, 0.2) is 62.5 Å². The standard InChI is InChI=1S/C24H27ClN4O9S3/c1-37-12-13-38-20-9-8-16(14-21(20)40(25,33)34)26-27-19-15-22(41(35,36)29-10-3-4-11-29)24(30)17-6-5-7-18(23(17)19)28-39(2,31)32/h5-9,14-15,28,30H,3-4,10-13H2,1-2H3/b27-26+. The average Bonchev–Trinajstić information content (AvgIpc) is 3.44. The Hall–Kier alpha value is -3.02. The van der Waals surface area contributed by atoms with Gasteiger partial charge in [-0.15, -0.1) is 5.11 Å². The Kier molecular flexibility index (Phi) is 9.10. The lowest BCUT2D eigenvalue weighted by atomic mass is 10.1. The first-order valence-corrected chi connectivity index (χ1v) is 17.8. The maximum absolute atomic E-state index is 13.4. The summed E-state index contributed by atoms with van der Waals surface area (Å²) < 4.78 is 89.3. The average molecular weight is 647 g/mol. The highest BCUT2D eigenvalue weighted by molar-refractivity contribution is 8.13. The summed E-state index contributed by atoms with van der Waals surface area (Å²) in [6.45, 7) is 0.811. The zero-order valence-electron chi connectivity index (χ0n) is 21.9. The number of fused-ring (bicyclic) bond motifs is 1. The summed E-state index contributed by atoms with van der Waals surface area (Å²) in [7, 11) is -5.14. The number of rotatable bonds is 11. The summed E-state index contributed by atoms with van der Waals surface area (Å²) in [5, 5.41) is 19.4. The molecule has 0 spiro atoms. The molecule has 17 heteroatoms. The van der Waals surface area contributed by atoms with Crippen LogP contribution >= 0.6 is 10.7 Å². The van der Waals surface area contributed by atoms with Gasteiger partial charge in [0.15, 0.2) is 0 Å². The third-order valence-corrected chi connectivity index (χ3v) is 9.91. The minimum Gasteiger partial charge on any atom is -0.506 e. The molecule has 1 aliphatic heterocycles. The molecule has 0 bridgehead atoms. The molecule has 4 rings (SSSR count). The lowest BCUT2D eigenvalue weighted by molar-refractivity contribution is 0.144. The van der Waals surface area contributed by atoms with Crippen LogP contribution < -0.4 is 9.46 Å². The van der Waals surface area contributed by atoms with Crippen molar-refractivity contribution in [2.75, 3.05) is 44.4 Å². The number of aromatic hydroxyl groups is 1. The lowest BCUT2D eigenvalue weighted by Crippen LogP contribution is -2.27. The molecule has 222 valence electrons. The van der Waals surface area contributed by atoms with Gasteiger partial charge in [-0.05, 0) is 43.2 Å². The third-order valence-electron chi connectivity index (χ3n) is 6.06. The summed E-state index contributed by atoms with van der Waals surface area (Å²) in [4.78, 5) is -0.803. The van der Waals surface area contributed by atoms with Crippen LogP contribution in [-0.4, -0.2) is 74.3 Å². The molecule has 0 amide bonds. The number of methoxy groups -OCH3 is 1. The van der Waals surface area contributed by atoms with Crippen molar-refractivity contribution in [1.29, 1.82) is 0 Å². The monoisotopic (exact) mass is 646 g/mol. The topological polar surface area (TPSA) is 181 Å². The van der Waals surface area contributed by atoms with Crippen LogP contribution in [0.4, 0.5) is 17.1 Å². The van der Waals surface area contributed by atoms with Gasteiger partial charge in [0.05, 0.1) is 29.9 Å². The van der Waals surface area contributed by atoms with Crippen molar-refractivity contribution in [3.8, 4) is 11.5 Å². The second-order valence-electron chi connectivity index (χ2n) is 9.07. The van der Waals surface area contributed by atoms with Gasteiger partial charge in [-0.3, -0.25) is 4.72 Å². The van der Waals surface area contributed by atoms with Gasteiger partial charge in [0.25, 0.3) is 9.05 Å². The number of azo groups is 1. The molecule has 2 N–H and O–H groups in total. The van der Waals surface area contributed by atoms with Crippen molar-refractivity contribution in [2.24, 2.45) is 10.2 Å². The number of sulfonamides is 2. The van der Waals surface area contributed by atoms with Gasteiger partial charge in [-0.1, -0.05) is 12.1 Å². The Balaban J connectivity index is 1.90. The number of nitrogens with one attached hydrogen (secondary N) is 1. The Bertz CT molecular complexity index is 1820. The molecule has 0 atom stereocenters. The largest absolute Gasteiger partial charge is 0.506 e. The second-order valence-corrected chi connectivity index (χ2v) is 15.3. The van der Waals surface area contributed by atoms with E-state index in [0.29, 0.717) is 12.8 Å². The lowest BCUT2D eigenvalue weighted by Gasteiger charge is -2.19. The first-order chi connectivity index (χ1) is 19.2. The highest BCUT2D eigenvalue weighted by atomic mass is 35.7. The molecule has 0 aromatic heterocycles. The summed E-state index contributed by atoms with van der Waals surface area (Å²) in [5.74, 6) is -0.610. The van der Waals surface area contributed by atoms with E-state index in [-0.39, 0.29) is 64.8 Å². The molecule has 3 aromatic rings. The van der Waals surface area contributed by atoms with E-state index in [9.17, 15) is 30.4 Å². The predicted molar refractivity (Wildman–Crippen MR) is 153 cm³/mol. The molecule has 0 radical (unpaired) electrons. The number of benzene rings is 3. The zero-order valence-corrected chi connectivity index (χ0v) is 25.1. The van der Waals surface area contributed by atoms with E-state index in [4.69, 9.17) is 20.2 Å². The minimum atomic E-state index is -4.27. The number of ether oxygens (including phenoxy) is 2. The molecule has 13 nitrogen and oxygen atoms in total. The van der Waals surface area contributed by atoms with Gasteiger partial charge in [-0.2, -0.15) is 9.42 Å². The van der Waals surface area contributed by atoms with E-state index in [0.717, 1.165) is 18.4 Å². The van der Waals surface area contributed by atoms with Crippen LogP contribution in [0.1, 0.15) is 12.8 Å². The number of phenolic OH excluding ortho intramolecular Hbond substituents is 1. The van der Waals surface area contributed by atoms with Crippen LogP contribution in [0.25, 0.3) is 10.8 Å². The summed E-state index contributed by atoms with van der Waals surface area (Å²) in [5.41, 5.74) is -0.0645. The molecule has 1 fully saturated rings. The number of phenols is 1. The number of hydrogen-bond acceptors (Lipinski definition) is 11. The number of halogens is 1. The molecule has 1 aliphatic rings. The van der Waals surface area contributed by atoms with Crippen molar-refractivity contribution in [2.45, 2.75) is 22.6 Å². The van der Waals surface area contributed by atoms with E-state index in [1.54, 1.807) is 0 Å². The smallest absolute Gasteiger partial charge is 0.265 e. The Labute approximate surface area is 242 Å². The summed E-state index contributed by atoms with van der Waals surface area (Å²) >= 11 is 0. The fourth-order valence-corrected chi connectivity index (χ4v) is 7.46. The maximum Gasteiger partial charge on any atom is 0.265 e. The molecule has 1 saturated heterocycles. The second kappa shape index (κ2) is 12.1. The van der Waals surface area contributed by atoms with E-state index in [2.05, 4.69) is 15.0 Å². The van der Waals surface area contributed by atoms with Gasteiger partial charge in [0.1, 0.15) is 27.9 Å². The first kappa shape index (κ1) is 30.9. The minimum absolute atomic E-state index is 0.0128. The molecule has 3 aromatic carbocycles. The first-order valence-electron chi connectivity index (χ1n) is 12.1. The van der Waals surface area contributed by atoms with Crippen LogP contribution in [0.3, 0.4) is 0 Å². The Morgan fingerprint density at radius 1 is 0.976 bits per heavy atom. The van der Waals surface area contributed by atoms with Crippen LogP contribution in [0, 0.1) is 0 Å². The van der Waals surface area contributed by atoms with Crippen molar-refractivity contribution in [3.63, 3.8) is 0 Å². The third kappa shape index (κ3) is 7.07. The predicted octanol–water partition coefficient (Wildman–Crippen LogP) is 4.07. The highest BCUT2D eigenvalue weighted by Gasteiger charge is 2.32. The van der Waals surface area contributed by atoms with Gasteiger partial charge >= 0.3 is 0 Å². The maximum atomic E-state index is 13.4. The van der Waals surface area contributed by atoms with Crippen molar-refractivity contribution in [1.82, 2.24) is 4.31 Å². The van der Waals surface area contributed by atoms with E-state index >= 15 is 0 Å². The zero-order chi connectivity index (χ0) is 30.0. The summed E-state index contributed by atoms with van der Waals surface area (Å²) in [6, 6.07) is 9.23. The molecule has 41 heavy (non-hydrogen) atoms. The fourth-order valence-electron chi connectivity index (χ4n) is 4.27. The van der Waals surface area contributed by atoms with Gasteiger partial charge in [0.2, 0.25) is 20.0 Å². The van der Waals surface area contributed by atoms with Crippen LogP contribution in [-0.2, 0) is 33.8 Å².